The van der Waals surface area contributed by atoms with Gasteiger partial charge in [0.1, 0.15) is 22.8 Å². The maximum absolute atomic E-state index is 10.7. The van der Waals surface area contributed by atoms with E-state index in [0.717, 1.165) is 44.3 Å². The quantitative estimate of drug-likeness (QED) is 0.221. The van der Waals surface area contributed by atoms with Gasteiger partial charge in [-0.3, -0.25) is 4.57 Å². The lowest BCUT2D eigenvalue weighted by Gasteiger charge is -2.21. The van der Waals surface area contributed by atoms with E-state index in [-0.39, 0.29) is 16.6 Å². The van der Waals surface area contributed by atoms with Crippen LogP contribution in [-0.2, 0) is 10.8 Å². The summed E-state index contributed by atoms with van der Waals surface area (Å²) in [6.45, 7) is 13.2. The number of phenolic OH excluding ortho intramolecular Hbond substituents is 1. The third-order valence-electron chi connectivity index (χ3n) is 8.53. The number of nitrogens with zero attached hydrogens (tertiary/aromatic N) is 3. The van der Waals surface area contributed by atoms with Gasteiger partial charge in [-0.25, -0.2) is 9.97 Å². The molecule has 3 heterocycles. The average molecular weight is 592 g/mol. The van der Waals surface area contributed by atoms with Crippen LogP contribution in [-0.4, -0.2) is 19.6 Å². The van der Waals surface area contributed by atoms with Crippen molar-refractivity contribution in [3.05, 3.63) is 120 Å². The van der Waals surface area contributed by atoms with Crippen molar-refractivity contribution < 1.29 is 9.84 Å². The molecule has 7 rings (SSSR count). The summed E-state index contributed by atoms with van der Waals surface area (Å²) >= 11 is 0. The summed E-state index contributed by atoms with van der Waals surface area (Å²) in [5.41, 5.74) is 7.14. The topological polar surface area (TPSA) is 60.2 Å². The monoisotopic (exact) mass is 591 g/mol. The molecular weight excluding hydrogens is 554 g/mol. The van der Waals surface area contributed by atoms with Crippen LogP contribution in [0.5, 0.6) is 17.4 Å². The van der Waals surface area contributed by atoms with E-state index in [9.17, 15) is 5.11 Å². The summed E-state index contributed by atoms with van der Waals surface area (Å²) in [5, 5.41) is 13.9. The molecule has 45 heavy (non-hydrogen) atoms. The van der Waals surface area contributed by atoms with Crippen LogP contribution >= 0.6 is 0 Å². The fraction of sp³-hybridized carbons (Fsp3) is 0.200. The molecule has 224 valence electrons. The van der Waals surface area contributed by atoms with Crippen LogP contribution in [0.25, 0.3) is 49.7 Å². The highest BCUT2D eigenvalue weighted by atomic mass is 16.5. The van der Waals surface area contributed by atoms with E-state index in [1.165, 1.54) is 10.9 Å². The Morgan fingerprint density at radius 1 is 0.644 bits per heavy atom. The summed E-state index contributed by atoms with van der Waals surface area (Å²) in [7, 11) is 0. The molecule has 0 atom stereocenters. The van der Waals surface area contributed by atoms with Crippen LogP contribution < -0.4 is 4.74 Å². The molecule has 0 fully saturated rings. The zero-order valence-electron chi connectivity index (χ0n) is 26.6. The van der Waals surface area contributed by atoms with Gasteiger partial charge in [0.15, 0.2) is 0 Å². The number of benzene rings is 4. The normalized spacial score (nSPS) is 12.3. The van der Waals surface area contributed by atoms with E-state index in [1.807, 2.05) is 48.7 Å². The Kier molecular flexibility index (Phi) is 6.66. The Hall–Kier alpha value is -5.16. The first-order valence-corrected chi connectivity index (χ1v) is 15.4. The van der Waals surface area contributed by atoms with Crippen LogP contribution in [0.4, 0.5) is 0 Å². The SMILES string of the molecule is CC(C)(C)c1ccc2c(c1)c1ccc(Oc3ccc4c(C(C)(C)C)ccc(O)c4n3)cc1n2-c1ccc(-c2ccccc2)cn1. The van der Waals surface area contributed by atoms with Crippen molar-refractivity contribution in [2.75, 3.05) is 0 Å². The van der Waals surface area contributed by atoms with Crippen molar-refractivity contribution in [2.45, 2.75) is 52.4 Å². The molecule has 5 heteroatoms. The molecule has 0 aliphatic heterocycles. The second-order valence-electron chi connectivity index (χ2n) is 13.8. The number of fused-ring (bicyclic) bond motifs is 4. The zero-order chi connectivity index (χ0) is 31.5. The first kappa shape index (κ1) is 28.6. The summed E-state index contributed by atoms with van der Waals surface area (Å²) in [6.07, 6.45) is 1.93. The lowest BCUT2D eigenvalue weighted by molar-refractivity contribution is 0.460. The number of hydrogen-bond acceptors (Lipinski definition) is 4. The maximum Gasteiger partial charge on any atom is 0.219 e. The van der Waals surface area contributed by atoms with Gasteiger partial charge in [0, 0.05) is 40.1 Å². The molecule has 0 saturated heterocycles. The number of ether oxygens (including phenoxy) is 1. The van der Waals surface area contributed by atoms with Gasteiger partial charge in [-0.15, -0.1) is 0 Å². The third-order valence-corrected chi connectivity index (χ3v) is 8.53. The number of pyridine rings is 2. The number of aromatic hydroxyl groups is 1. The molecule has 4 aromatic carbocycles. The Labute approximate surface area is 263 Å². The number of aromatic nitrogens is 3. The average Bonchev–Trinajstić information content (AvgIpc) is 3.34. The van der Waals surface area contributed by atoms with Gasteiger partial charge in [-0.05, 0) is 76.1 Å². The maximum atomic E-state index is 10.7. The lowest BCUT2D eigenvalue weighted by Crippen LogP contribution is -2.11. The molecule has 3 aromatic heterocycles. The van der Waals surface area contributed by atoms with Crippen molar-refractivity contribution in [2.24, 2.45) is 0 Å². The van der Waals surface area contributed by atoms with Crippen molar-refractivity contribution in [3.8, 4) is 34.3 Å². The van der Waals surface area contributed by atoms with Crippen LogP contribution in [0.2, 0.25) is 0 Å². The van der Waals surface area contributed by atoms with Crippen molar-refractivity contribution in [1.82, 2.24) is 14.5 Å². The minimum atomic E-state index is -0.0886. The molecule has 0 spiro atoms. The van der Waals surface area contributed by atoms with E-state index in [4.69, 9.17) is 14.7 Å². The summed E-state index contributed by atoms with van der Waals surface area (Å²) in [5.74, 6) is 2.05. The van der Waals surface area contributed by atoms with Gasteiger partial charge in [-0.2, -0.15) is 0 Å². The molecule has 5 nitrogen and oxygen atoms in total. The zero-order valence-corrected chi connectivity index (χ0v) is 26.6. The first-order chi connectivity index (χ1) is 21.5. The van der Waals surface area contributed by atoms with Crippen molar-refractivity contribution in [3.63, 3.8) is 0 Å². The molecule has 0 aliphatic carbocycles. The fourth-order valence-corrected chi connectivity index (χ4v) is 6.11. The standard InChI is InChI=1S/C40H37N3O2/c1-39(2,3)27-13-18-33-31(22-27)29-15-14-28(45-37-21-16-30-32(40(4,5)6)17-19-35(44)38(30)42-37)23-34(29)43(33)36-20-12-26(24-41-36)25-10-8-7-9-11-25/h7-24,44H,1-6H3. The molecule has 1 N–H and O–H groups in total. The molecule has 7 aromatic rings. The van der Waals surface area contributed by atoms with Crippen molar-refractivity contribution >= 4 is 32.7 Å². The van der Waals surface area contributed by atoms with E-state index in [1.54, 1.807) is 6.07 Å². The smallest absolute Gasteiger partial charge is 0.219 e. The van der Waals surface area contributed by atoms with E-state index in [0.29, 0.717) is 17.1 Å². The number of hydrogen-bond donors (Lipinski definition) is 1. The number of phenols is 1. The molecule has 0 amide bonds. The molecule has 0 aliphatic rings. The van der Waals surface area contributed by atoms with Gasteiger partial charge in [-0.1, -0.05) is 84.0 Å². The minimum Gasteiger partial charge on any atom is -0.506 e. The van der Waals surface area contributed by atoms with Crippen molar-refractivity contribution in [1.29, 1.82) is 0 Å². The Balaban J connectivity index is 1.36. The highest BCUT2D eigenvalue weighted by Crippen LogP contribution is 2.39. The molecule has 0 unspecified atom stereocenters. The second-order valence-corrected chi connectivity index (χ2v) is 13.8. The number of rotatable bonds is 4. The fourth-order valence-electron chi connectivity index (χ4n) is 6.11. The van der Waals surface area contributed by atoms with Gasteiger partial charge in [0.05, 0.1) is 11.0 Å². The van der Waals surface area contributed by atoms with Gasteiger partial charge < -0.3 is 9.84 Å². The molecule has 0 radical (unpaired) electrons. The van der Waals surface area contributed by atoms with Gasteiger partial charge >= 0.3 is 0 Å². The van der Waals surface area contributed by atoms with Gasteiger partial charge in [0.25, 0.3) is 0 Å². The first-order valence-electron chi connectivity index (χ1n) is 15.4. The summed E-state index contributed by atoms with van der Waals surface area (Å²) < 4.78 is 8.56. The largest absolute Gasteiger partial charge is 0.506 e. The van der Waals surface area contributed by atoms with E-state index >= 15 is 0 Å². The molecule has 0 saturated carbocycles. The summed E-state index contributed by atoms with van der Waals surface area (Å²) in [6, 6.07) is 34.9. The molecular formula is C40H37N3O2. The highest BCUT2D eigenvalue weighted by molar-refractivity contribution is 6.09. The van der Waals surface area contributed by atoms with Crippen LogP contribution in [0, 0.1) is 0 Å². The lowest BCUT2D eigenvalue weighted by atomic mass is 9.84. The minimum absolute atomic E-state index is 0.0153. The second kappa shape index (κ2) is 10.5. The Bertz CT molecular complexity index is 2200. The molecule has 0 bridgehead atoms. The Morgan fingerprint density at radius 2 is 1.42 bits per heavy atom. The van der Waals surface area contributed by atoms with Crippen LogP contribution in [0.3, 0.4) is 0 Å². The predicted octanol–water partition coefficient (Wildman–Crippen LogP) is 10.5. The highest BCUT2D eigenvalue weighted by Gasteiger charge is 2.21. The van der Waals surface area contributed by atoms with E-state index in [2.05, 4.69) is 101 Å². The summed E-state index contributed by atoms with van der Waals surface area (Å²) in [4.78, 5) is 9.67. The van der Waals surface area contributed by atoms with Crippen LogP contribution in [0.15, 0.2) is 109 Å². The van der Waals surface area contributed by atoms with Crippen LogP contribution in [0.1, 0.15) is 52.7 Å². The van der Waals surface area contributed by atoms with E-state index < -0.39 is 0 Å². The van der Waals surface area contributed by atoms with Gasteiger partial charge in [0.2, 0.25) is 5.88 Å². The third kappa shape index (κ3) is 5.18. The Morgan fingerprint density at radius 3 is 2.13 bits per heavy atom. The predicted molar refractivity (Wildman–Crippen MR) is 185 cm³/mol.